The zero-order valence-electron chi connectivity index (χ0n) is 9.19. The van der Waals surface area contributed by atoms with Crippen LogP contribution in [0, 0.1) is 0 Å². The van der Waals surface area contributed by atoms with Crippen LogP contribution in [0.1, 0.15) is 32.2 Å². The first-order chi connectivity index (χ1) is 7.29. The van der Waals surface area contributed by atoms with Gasteiger partial charge < -0.3 is 10.4 Å². The summed E-state index contributed by atoms with van der Waals surface area (Å²) < 4.78 is 2.01. The van der Waals surface area contributed by atoms with E-state index >= 15 is 0 Å². The summed E-state index contributed by atoms with van der Waals surface area (Å²) in [6.07, 6.45) is 6.91. The fourth-order valence-corrected chi connectivity index (χ4v) is 2.56. The first kappa shape index (κ1) is 10.6. The van der Waals surface area contributed by atoms with Crippen molar-refractivity contribution in [2.45, 2.75) is 37.8 Å². The molecule has 0 aromatic carbocycles. The topological polar surface area (TPSA) is 50.1 Å². The van der Waals surface area contributed by atoms with Gasteiger partial charge in [0.1, 0.15) is 0 Å². The lowest BCUT2D eigenvalue weighted by Gasteiger charge is -2.28. The second-order valence-corrected chi connectivity index (χ2v) is 4.35. The maximum Gasteiger partial charge on any atom is 0.0614 e. The smallest absolute Gasteiger partial charge is 0.0614 e. The Hall–Kier alpha value is -0.870. The lowest BCUT2D eigenvalue weighted by atomic mass is 9.98. The molecule has 0 saturated heterocycles. The van der Waals surface area contributed by atoms with Gasteiger partial charge in [0.15, 0.2) is 0 Å². The van der Waals surface area contributed by atoms with Crippen molar-refractivity contribution in [3.05, 3.63) is 18.5 Å². The molecule has 1 aromatic rings. The van der Waals surface area contributed by atoms with Gasteiger partial charge in [-0.15, -0.1) is 0 Å². The molecule has 0 amide bonds. The van der Waals surface area contributed by atoms with Gasteiger partial charge in [-0.1, -0.05) is 6.92 Å². The summed E-state index contributed by atoms with van der Waals surface area (Å²) in [4.78, 5) is 0. The van der Waals surface area contributed by atoms with E-state index in [-0.39, 0.29) is 12.1 Å². The first-order valence-electron chi connectivity index (χ1n) is 5.65. The van der Waals surface area contributed by atoms with E-state index in [0.717, 1.165) is 25.8 Å². The summed E-state index contributed by atoms with van der Waals surface area (Å²) in [6.45, 7) is 3.21. The van der Waals surface area contributed by atoms with Crippen LogP contribution in [0.4, 0.5) is 0 Å². The van der Waals surface area contributed by atoms with Gasteiger partial charge in [0, 0.05) is 17.9 Å². The number of aromatic nitrogens is 2. The van der Waals surface area contributed by atoms with Gasteiger partial charge in [-0.3, -0.25) is 4.68 Å². The Kier molecular flexibility index (Phi) is 3.07. The third kappa shape index (κ3) is 2.06. The highest BCUT2D eigenvalue weighted by Gasteiger charge is 2.38. The summed E-state index contributed by atoms with van der Waals surface area (Å²) in [5.41, 5.74) is -0.0780. The molecule has 2 rings (SSSR count). The molecule has 1 aliphatic carbocycles. The molecule has 0 aliphatic heterocycles. The SMILES string of the molecule is CCNC1(CO)CCC(n2cccn2)C1. The van der Waals surface area contributed by atoms with Crippen molar-refractivity contribution in [3.8, 4) is 0 Å². The largest absolute Gasteiger partial charge is 0.394 e. The van der Waals surface area contributed by atoms with E-state index in [0.29, 0.717) is 6.04 Å². The number of hydrogen-bond acceptors (Lipinski definition) is 3. The molecule has 1 aromatic heterocycles. The third-order valence-electron chi connectivity index (χ3n) is 3.34. The molecule has 1 fully saturated rings. The van der Waals surface area contributed by atoms with Gasteiger partial charge >= 0.3 is 0 Å². The average Bonchev–Trinajstić information content (AvgIpc) is 2.86. The van der Waals surface area contributed by atoms with Gasteiger partial charge in [0.25, 0.3) is 0 Å². The maximum atomic E-state index is 9.47. The molecule has 2 N–H and O–H groups in total. The Labute approximate surface area is 90.3 Å². The number of likely N-dealkylation sites (N-methyl/N-ethyl adjacent to an activating group) is 1. The van der Waals surface area contributed by atoms with E-state index in [1.54, 1.807) is 0 Å². The highest BCUT2D eigenvalue weighted by atomic mass is 16.3. The minimum atomic E-state index is -0.0780. The van der Waals surface area contributed by atoms with Crippen molar-refractivity contribution in [2.75, 3.05) is 13.2 Å². The Morgan fingerprint density at radius 1 is 1.67 bits per heavy atom. The highest BCUT2D eigenvalue weighted by molar-refractivity contribution is 4.98. The second kappa shape index (κ2) is 4.33. The summed E-state index contributed by atoms with van der Waals surface area (Å²) in [7, 11) is 0. The van der Waals surface area contributed by atoms with Crippen molar-refractivity contribution in [2.24, 2.45) is 0 Å². The van der Waals surface area contributed by atoms with Gasteiger partial charge in [0.05, 0.1) is 12.6 Å². The number of aliphatic hydroxyl groups excluding tert-OH is 1. The molecule has 4 heteroatoms. The standard InChI is InChI=1S/C11H19N3O/c1-2-12-11(9-15)5-4-10(8-11)14-7-3-6-13-14/h3,6-7,10,12,15H,2,4-5,8-9H2,1H3. The molecule has 84 valence electrons. The van der Waals surface area contributed by atoms with Crippen LogP contribution in [-0.4, -0.2) is 33.6 Å². The van der Waals surface area contributed by atoms with Gasteiger partial charge in [0.2, 0.25) is 0 Å². The molecular weight excluding hydrogens is 190 g/mol. The van der Waals surface area contributed by atoms with Crippen LogP contribution in [0.15, 0.2) is 18.5 Å². The number of hydrogen-bond donors (Lipinski definition) is 2. The molecule has 0 bridgehead atoms. The van der Waals surface area contributed by atoms with E-state index in [1.807, 2.05) is 23.1 Å². The summed E-state index contributed by atoms with van der Waals surface area (Å²) in [5.74, 6) is 0. The fraction of sp³-hybridized carbons (Fsp3) is 0.727. The van der Waals surface area contributed by atoms with Crippen molar-refractivity contribution in [1.82, 2.24) is 15.1 Å². The monoisotopic (exact) mass is 209 g/mol. The maximum absolute atomic E-state index is 9.47. The minimum Gasteiger partial charge on any atom is -0.394 e. The number of nitrogens with one attached hydrogen (secondary N) is 1. The van der Waals surface area contributed by atoms with E-state index < -0.39 is 0 Å². The van der Waals surface area contributed by atoms with Crippen LogP contribution in [0.5, 0.6) is 0 Å². The summed E-state index contributed by atoms with van der Waals surface area (Å²) in [6, 6.07) is 2.39. The van der Waals surface area contributed by atoms with E-state index in [4.69, 9.17) is 0 Å². The number of nitrogens with zero attached hydrogens (tertiary/aromatic N) is 2. The quantitative estimate of drug-likeness (QED) is 0.776. The fourth-order valence-electron chi connectivity index (χ4n) is 2.56. The van der Waals surface area contributed by atoms with Crippen LogP contribution in [-0.2, 0) is 0 Å². The van der Waals surface area contributed by atoms with Crippen LogP contribution < -0.4 is 5.32 Å². The summed E-state index contributed by atoms with van der Waals surface area (Å²) in [5, 5.41) is 17.1. The number of rotatable bonds is 4. The van der Waals surface area contributed by atoms with Crippen molar-refractivity contribution in [3.63, 3.8) is 0 Å². The zero-order valence-corrected chi connectivity index (χ0v) is 9.19. The molecule has 2 unspecified atom stereocenters. The molecule has 0 radical (unpaired) electrons. The molecule has 4 nitrogen and oxygen atoms in total. The molecule has 15 heavy (non-hydrogen) atoms. The molecule has 1 saturated carbocycles. The Morgan fingerprint density at radius 2 is 2.53 bits per heavy atom. The van der Waals surface area contributed by atoms with Crippen molar-refractivity contribution >= 4 is 0 Å². The first-order valence-corrected chi connectivity index (χ1v) is 5.65. The molecule has 2 atom stereocenters. The third-order valence-corrected chi connectivity index (χ3v) is 3.34. The second-order valence-electron chi connectivity index (χ2n) is 4.35. The highest BCUT2D eigenvalue weighted by Crippen LogP contribution is 2.36. The average molecular weight is 209 g/mol. The predicted octanol–water partition coefficient (Wildman–Crippen LogP) is 0.949. The molecule has 1 aliphatic rings. The van der Waals surface area contributed by atoms with Gasteiger partial charge in [-0.2, -0.15) is 5.10 Å². The Balaban J connectivity index is 2.04. The van der Waals surface area contributed by atoms with Crippen LogP contribution in [0.25, 0.3) is 0 Å². The zero-order chi connectivity index (χ0) is 10.7. The predicted molar refractivity (Wildman–Crippen MR) is 58.6 cm³/mol. The lowest BCUT2D eigenvalue weighted by Crippen LogP contribution is -2.46. The normalized spacial score (nSPS) is 30.9. The molecule has 0 spiro atoms. The van der Waals surface area contributed by atoms with Gasteiger partial charge in [-0.25, -0.2) is 0 Å². The van der Waals surface area contributed by atoms with Crippen LogP contribution in [0.3, 0.4) is 0 Å². The summed E-state index contributed by atoms with van der Waals surface area (Å²) >= 11 is 0. The van der Waals surface area contributed by atoms with E-state index in [9.17, 15) is 5.11 Å². The Bertz CT molecular complexity index is 299. The Morgan fingerprint density at radius 3 is 3.13 bits per heavy atom. The van der Waals surface area contributed by atoms with Crippen molar-refractivity contribution in [1.29, 1.82) is 0 Å². The van der Waals surface area contributed by atoms with E-state index in [1.165, 1.54) is 0 Å². The van der Waals surface area contributed by atoms with Gasteiger partial charge in [-0.05, 0) is 31.9 Å². The van der Waals surface area contributed by atoms with Crippen LogP contribution in [0.2, 0.25) is 0 Å². The van der Waals surface area contributed by atoms with E-state index in [2.05, 4.69) is 17.3 Å². The lowest BCUT2D eigenvalue weighted by molar-refractivity contribution is 0.162. The molecule has 1 heterocycles. The van der Waals surface area contributed by atoms with Crippen LogP contribution >= 0.6 is 0 Å². The minimum absolute atomic E-state index is 0.0780. The number of aliphatic hydroxyl groups is 1. The molecular formula is C11H19N3O. The van der Waals surface area contributed by atoms with Crippen molar-refractivity contribution < 1.29 is 5.11 Å².